The summed E-state index contributed by atoms with van der Waals surface area (Å²) < 4.78 is 7.12. The second-order valence-corrected chi connectivity index (χ2v) is 6.74. The maximum absolute atomic E-state index is 12.4. The van der Waals surface area contributed by atoms with Crippen LogP contribution in [0.15, 0.2) is 42.9 Å². The van der Waals surface area contributed by atoms with Gasteiger partial charge in [0, 0.05) is 49.2 Å². The number of ether oxygens (including phenoxy) is 1. The molecule has 3 heterocycles. The first-order valence-electron chi connectivity index (χ1n) is 8.87. The first-order chi connectivity index (χ1) is 12.7. The van der Waals surface area contributed by atoms with Crippen LogP contribution in [0.1, 0.15) is 5.69 Å². The number of carbonyl (C=O) groups is 1. The molecule has 0 amide bonds. The lowest BCUT2D eigenvalue weighted by Crippen LogP contribution is -2.39. The third-order valence-corrected chi connectivity index (χ3v) is 4.70. The molecule has 4 rings (SSSR count). The molecule has 0 bridgehead atoms. The Bertz CT molecular complexity index is 928. The van der Waals surface area contributed by atoms with Crippen molar-refractivity contribution in [1.29, 1.82) is 0 Å². The third-order valence-electron chi connectivity index (χ3n) is 4.70. The van der Waals surface area contributed by atoms with E-state index >= 15 is 0 Å². The van der Waals surface area contributed by atoms with E-state index in [1.54, 1.807) is 4.68 Å². The SMILES string of the molecule is Cn1cc(-c2ccc3cnc(CC(=O)CN4CCOCC4)cc3c2)cn1. The van der Waals surface area contributed by atoms with Crippen molar-refractivity contribution < 1.29 is 9.53 Å². The molecule has 0 radical (unpaired) electrons. The van der Waals surface area contributed by atoms with Gasteiger partial charge in [0.15, 0.2) is 5.78 Å². The molecular formula is C20H22N4O2. The number of hydrogen-bond donors (Lipinski definition) is 0. The molecule has 0 spiro atoms. The highest BCUT2D eigenvalue weighted by molar-refractivity contribution is 5.88. The summed E-state index contributed by atoms with van der Waals surface area (Å²) in [5.41, 5.74) is 3.01. The van der Waals surface area contributed by atoms with Gasteiger partial charge >= 0.3 is 0 Å². The molecule has 0 unspecified atom stereocenters. The van der Waals surface area contributed by atoms with E-state index in [2.05, 4.69) is 33.2 Å². The highest BCUT2D eigenvalue weighted by Gasteiger charge is 2.15. The quantitative estimate of drug-likeness (QED) is 0.705. The van der Waals surface area contributed by atoms with Crippen LogP contribution in [-0.2, 0) is 23.0 Å². The van der Waals surface area contributed by atoms with Gasteiger partial charge in [-0.25, -0.2) is 0 Å². The maximum Gasteiger partial charge on any atom is 0.152 e. The number of nitrogens with zero attached hydrogens (tertiary/aromatic N) is 4. The molecule has 1 aromatic carbocycles. The summed E-state index contributed by atoms with van der Waals surface area (Å²) in [5, 5.41) is 6.40. The van der Waals surface area contributed by atoms with Crippen molar-refractivity contribution in [3.63, 3.8) is 0 Å². The fourth-order valence-electron chi connectivity index (χ4n) is 3.30. The van der Waals surface area contributed by atoms with Gasteiger partial charge < -0.3 is 4.74 Å². The van der Waals surface area contributed by atoms with Crippen molar-refractivity contribution in [2.45, 2.75) is 6.42 Å². The van der Waals surface area contributed by atoms with Gasteiger partial charge in [0.25, 0.3) is 0 Å². The van der Waals surface area contributed by atoms with Gasteiger partial charge in [0.2, 0.25) is 0 Å². The minimum absolute atomic E-state index is 0.196. The summed E-state index contributed by atoms with van der Waals surface area (Å²) in [6.07, 6.45) is 6.06. The predicted molar refractivity (Wildman–Crippen MR) is 99.9 cm³/mol. The van der Waals surface area contributed by atoms with Crippen molar-refractivity contribution in [2.75, 3.05) is 32.8 Å². The number of fused-ring (bicyclic) bond motifs is 1. The zero-order chi connectivity index (χ0) is 17.9. The molecule has 6 nitrogen and oxygen atoms in total. The van der Waals surface area contributed by atoms with Crippen molar-refractivity contribution in [2.24, 2.45) is 7.05 Å². The maximum atomic E-state index is 12.4. The minimum Gasteiger partial charge on any atom is -0.379 e. The normalized spacial score (nSPS) is 15.4. The summed E-state index contributed by atoms with van der Waals surface area (Å²) in [7, 11) is 1.91. The average Bonchev–Trinajstić information content (AvgIpc) is 3.08. The van der Waals surface area contributed by atoms with Crippen molar-refractivity contribution >= 4 is 16.6 Å². The van der Waals surface area contributed by atoms with E-state index in [1.165, 1.54) is 0 Å². The lowest BCUT2D eigenvalue weighted by molar-refractivity contribution is -0.120. The summed E-state index contributed by atoms with van der Waals surface area (Å²) in [6, 6.07) is 8.28. The predicted octanol–water partition coefficient (Wildman–Crippen LogP) is 2.08. The van der Waals surface area contributed by atoms with Crippen LogP contribution in [0, 0.1) is 0 Å². The molecule has 0 aliphatic carbocycles. The molecule has 0 saturated carbocycles. The second kappa shape index (κ2) is 7.35. The number of carbonyl (C=O) groups excluding carboxylic acids is 1. The highest BCUT2D eigenvalue weighted by atomic mass is 16.5. The molecule has 26 heavy (non-hydrogen) atoms. The lowest BCUT2D eigenvalue weighted by atomic mass is 10.0. The summed E-state index contributed by atoms with van der Waals surface area (Å²) in [4.78, 5) is 19.0. The number of benzene rings is 1. The molecule has 134 valence electrons. The summed E-state index contributed by atoms with van der Waals surface area (Å²) in [5.74, 6) is 0.196. The smallest absolute Gasteiger partial charge is 0.152 e. The average molecular weight is 350 g/mol. The number of aromatic nitrogens is 3. The van der Waals surface area contributed by atoms with Gasteiger partial charge in [-0.1, -0.05) is 12.1 Å². The van der Waals surface area contributed by atoms with Crippen molar-refractivity contribution in [1.82, 2.24) is 19.7 Å². The van der Waals surface area contributed by atoms with E-state index in [1.807, 2.05) is 31.7 Å². The molecular weight excluding hydrogens is 328 g/mol. The number of hydrogen-bond acceptors (Lipinski definition) is 5. The Labute approximate surface area is 152 Å². The van der Waals surface area contributed by atoms with E-state index in [0.717, 1.165) is 40.7 Å². The van der Waals surface area contributed by atoms with Crippen LogP contribution in [0.3, 0.4) is 0 Å². The Kier molecular flexibility index (Phi) is 4.77. The zero-order valence-electron chi connectivity index (χ0n) is 14.9. The number of Topliss-reactive ketones (excluding diaryl/α,β-unsaturated/α-hetero) is 1. The van der Waals surface area contributed by atoms with Crippen LogP contribution >= 0.6 is 0 Å². The first kappa shape index (κ1) is 16.9. The Morgan fingerprint density at radius 2 is 1.96 bits per heavy atom. The molecule has 2 aromatic heterocycles. The summed E-state index contributed by atoms with van der Waals surface area (Å²) >= 11 is 0. The van der Waals surface area contributed by atoms with Gasteiger partial charge in [-0.2, -0.15) is 5.10 Å². The molecule has 0 atom stereocenters. The van der Waals surface area contributed by atoms with Gasteiger partial charge in [-0.05, 0) is 23.1 Å². The molecule has 1 aliphatic rings. The Morgan fingerprint density at radius 1 is 1.12 bits per heavy atom. The van der Waals surface area contributed by atoms with E-state index < -0.39 is 0 Å². The van der Waals surface area contributed by atoms with E-state index in [0.29, 0.717) is 26.2 Å². The minimum atomic E-state index is 0.196. The molecule has 3 aromatic rings. The fraction of sp³-hybridized carbons (Fsp3) is 0.350. The largest absolute Gasteiger partial charge is 0.379 e. The molecule has 0 N–H and O–H groups in total. The number of aryl methyl sites for hydroxylation is 1. The second-order valence-electron chi connectivity index (χ2n) is 6.74. The van der Waals surface area contributed by atoms with E-state index in [-0.39, 0.29) is 5.78 Å². The van der Waals surface area contributed by atoms with E-state index in [9.17, 15) is 4.79 Å². The van der Waals surface area contributed by atoms with Gasteiger partial charge in [0.05, 0.1) is 32.4 Å². The number of morpholine rings is 1. The number of pyridine rings is 1. The Hall–Kier alpha value is -2.57. The molecule has 1 aliphatic heterocycles. The van der Waals surface area contributed by atoms with Crippen LogP contribution in [0.5, 0.6) is 0 Å². The summed E-state index contributed by atoms with van der Waals surface area (Å²) in [6.45, 7) is 3.53. The van der Waals surface area contributed by atoms with Crippen molar-refractivity contribution in [3.8, 4) is 11.1 Å². The number of ketones is 1. The molecule has 1 saturated heterocycles. The van der Waals surface area contributed by atoms with Crippen LogP contribution < -0.4 is 0 Å². The molecule has 6 heteroatoms. The van der Waals surface area contributed by atoms with E-state index in [4.69, 9.17) is 4.74 Å². The van der Waals surface area contributed by atoms with Crippen LogP contribution in [0.25, 0.3) is 21.9 Å². The van der Waals surface area contributed by atoms with Crippen LogP contribution in [-0.4, -0.2) is 58.3 Å². The standard InChI is InChI=1S/C20H22N4O2/c1-23-13-18(12-22-23)15-2-3-16-11-21-19(9-17(16)8-15)10-20(25)14-24-4-6-26-7-5-24/h2-3,8-9,11-13H,4-7,10,14H2,1H3. The Morgan fingerprint density at radius 3 is 2.73 bits per heavy atom. The third kappa shape index (κ3) is 3.81. The molecule has 1 fully saturated rings. The van der Waals surface area contributed by atoms with Crippen LogP contribution in [0.2, 0.25) is 0 Å². The topological polar surface area (TPSA) is 60.2 Å². The van der Waals surface area contributed by atoms with Crippen LogP contribution in [0.4, 0.5) is 0 Å². The first-order valence-corrected chi connectivity index (χ1v) is 8.87. The highest BCUT2D eigenvalue weighted by Crippen LogP contribution is 2.24. The van der Waals surface area contributed by atoms with Crippen molar-refractivity contribution in [3.05, 3.63) is 48.5 Å². The fourth-order valence-corrected chi connectivity index (χ4v) is 3.30. The van der Waals surface area contributed by atoms with Gasteiger partial charge in [-0.3, -0.25) is 19.4 Å². The van der Waals surface area contributed by atoms with Gasteiger partial charge in [0.1, 0.15) is 0 Å². The Balaban J connectivity index is 1.51. The zero-order valence-corrected chi connectivity index (χ0v) is 14.9. The monoisotopic (exact) mass is 350 g/mol. The van der Waals surface area contributed by atoms with Gasteiger partial charge in [-0.15, -0.1) is 0 Å². The lowest BCUT2D eigenvalue weighted by Gasteiger charge is -2.25. The number of rotatable bonds is 5.